The predicted octanol–water partition coefficient (Wildman–Crippen LogP) is 2.98. The Kier molecular flexibility index (Phi) is 5.46. The van der Waals surface area contributed by atoms with E-state index in [0.29, 0.717) is 23.2 Å². The lowest BCUT2D eigenvalue weighted by Gasteiger charge is -2.24. The Morgan fingerprint density at radius 1 is 1.32 bits per heavy atom. The van der Waals surface area contributed by atoms with Gasteiger partial charge in [0, 0.05) is 23.2 Å². The van der Waals surface area contributed by atoms with Gasteiger partial charge in [0.25, 0.3) is 0 Å². The second kappa shape index (κ2) is 7.29. The number of carbonyl (C=O) groups is 1. The highest BCUT2D eigenvalue weighted by Crippen LogP contribution is 2.39. The molecule has 2 saturated heterocycles. The maximum Gasteiger partial charge on any atom is 0.248 e. The number of amidine groups is 1. The Morgan fingerprint density at radius 2 is 2.00 bits per heavy atom. The Bertz CT molecular complexity index is 791. The third-order valence-electron chi connectivity index (χ3n) is 4.24. The number of halogens is 1. The molecule has 2 atom stereocenters. The molecule has 25 heavy (non-hydrogen) atoms. The van der Waals surface area contributed by atoms with Crippen LogP contribution in [0.15, 0.2) is 29.3 Å². The van der Waals surface area contributed by atoms with Crippen LogP contribution < -0.4 is 0 Å². The zero-order chi connectivity index (χ0) is 18.2. The van der Waals surface area contributed by atoms with Gasteiger partial charge in [-0.15, -0.1) is 0 Å². The summed E-state index contributed by atoms with van der Waals surface area (Å²) in [4.78, 5) is 18.4. The molecule has 1 aromatic carbocycles. The van der Waals surface area contributed by atoms with E-state index in [2.05, 4.69) is 4.99 Å². The van der Waals surface area contributed by atoms with Crippen LogP contribution in [0.5, 0.6) is 0 Å². The molecule has 1 amide bonds. The number of amides is 1. The fourth-order valence-corrected chi connectivity index (χ4v) is 7.20. The van der Waals surface area contributed by atoms with Gasteiger partial charge < -0.3 is 4.90 Å². The predicted molar refractivity (Wildman–Crippen MR) is 103 cm³/mol. The number of benzene rings is 1. The summed E-state index contributed by atoms with van der Waals surface area (Å²) in [6.07, 6.45) is 0.395. The van der Waals surface area contributed by atoms with Crippen LogP contribution in [0.4, 0.5) is 0 Å². The molecule has 0 N–H and O–H groups in total. The van der Waals surface area contributed by atoms with Gasteiger partial charge in [-0.05, 0) is 23.6 Å². The van der Waals surface area contributed by atoms with Crippen molar-refractivity contribution in [2.45, 2.75) is 38.1 Å². The van der Waals surface area contributed by atoms with E-state index in [1.165, 1.54) is 11.8 Å². The normalized spacial score (nSPS) is 26.4. The number of rotatable bonds is 4. The van der Waals surface area contributed by atoms with Crippen molar-refractivity contribution in [2.24, 2.45) is 10.9 Å². The van der Waals surface area contributed by atoms with Gasteiger partial charge in [-0.2, -0.15) is 4.99 Å². The van der Waals surface area contributed by atoms with Crippen molar-refractivity contribution in [3.05, 3.63) is 34.9 Å². The highest BCUT2D eigenvalue weighted by Gasteiger charge is 2.48. The van der Waals surface area contributed by atoms with Crippen LogP contribution in [-0.2, 0) is 21.2 Å². The van der Waals surface area contributed by atoms with Gasteiger partial charge in [-0.1, -0.05) is 49.3 Å². The van der Waals surface area contributed by atoms with Crippen molar-refractivity contribution in [3.8, 4) is 0 Å². The largest absolute Gasteiger partial charge is 0.342 e. The SMILES string of the molecule is CC(C)CC(=O)N=C1S[C@@H]2CS(=O)(=O)C[C@@H]2N1Cc1ccc(Cl)cc1. The molecule has 0 bridgehead atoms. The van der Waals surface area contributed by atoms with Crippen molar-refractivity contribution < 1.29 is 13.2 Å². The number of aliphatic imine (C=N–C) groups is 1. The lowest BCUT2D eigenvalue weighted by atomic mass is 10.1. The molecule has 5 nitrogen and oxygen atoms in total. The maximum atomic E-state index is 12.1. The summed E-state index contributed by atoms with van der Waals surface area (Å²) in [5, 5.41) is 1.25. The van der Waals surface area contributed by atoms with Crippen LogP contribution in [0.2, 0.25) is 5.02 Å². The Balaban J connectivity index is 1.85. The van der Waals surface area contributed by atoms with Crippen LogP contribution >= 0.6 is 23.4 Å². The zero-order valence-electron chi connectivity index (χ0n) is 14.2. The number of hydrogen-bond acceptors (Lipinski definition) is 4. The number of carbonyl (C=O) groups excluding carboxylic acids is 1. The van der Waals surface area contributed by atoms with Crippen molar-refractivity contribution >= 4 is 44.3 Å². The second-order valence-corrected chi connectivity index (χ2v) is 10.7. The Morgan fingerprint density at radius 3 is 2.64 bits per heavy atom. The summed E-state index contributed by atoms with van der Waals surface area (Å²) in [5.41, 5.74) is 1.01. The molecular weight excluding hydrogens is 380 g/mol. The Labute approximate surface area is 157 Å². The van der Waals surface area contributed by atoms with Crippen LogP contribution in [0.3, 0.4) is 0 Å². The van der Waals surface area contributed by atoms with Crippen LogP contribution in [0.25, 0.3) is 0 Å². The van der Waals surface area contributed by atoms with Crippen molar-refractivity contribution in [1.82, 2.24) is 4.90 Å². The molecule has 2 aliphatic rings. The first-order valence-electron chi connectivity index (χ1n) is 8.23. The molecule has 0 saturated carbocycles. The molecule has 2 heterocycles. The zero-order valence-corrected chi connectivity index (χ0v) is 16.6. The number of fused-ring (bicyclic) bond motifs is 1. The lowest BCUT2D eigenvalue weighted by Crippen LogP contribution is -2.37. The van der Waals surface area contributed by atoms with E-state index in [1.807, 2.05) is 43.0 Å². The molecule has 0 unspecified atom stereocenters. The third kappa shape index (κ3) is 4.57. The van der Waals surface area contributed by atoms with Gasteiger partial charge in [0.05, 0.1) is 17.5 Å². The quantitative estimate of drug-likeness (QED) is 0.777. The molecule has 0 aromatic heterocycles. The minimum Gasteiger partial charge on any atom is -0.342 e. The first-order chi connectivity index (χ1) is 11.7. The van der Waals surface area contributed by atoms with Gasteiger partial charge in [-0.3, -0.25) is 4.79 Å². The van der Waals surface area contributed by atoms with Crippen LogP contribution in [0.1, 0.15) is 25.8 Å². The van der Waals surface area contributed by atoms with Gasteiger partial charge in [0.1, 0.15) is 0 Å². The monoisotopic (exact) mass is 400 g/mol. The fraction of sp³-hybridized carbons (Fsp3) is 0.529. The van der Waals surface area contributed by atoms with E-state index in [0.717, 1.165) is 5.56 Å². The van der Waals surface area contributed by atoms with E-state index < -0.39 is 9.84 Å². The molecule has 2 aliphatic heterocycles. The van der Waals surface area contributed by atoms with Crippen molar-refractivity contribution in [2.75, 3.05) is 11.5 Å². The highest BCUT2D eigenvalue weighted by atomic mass is 35.5. The number of nitrogens with zero attached hydrogens (tertiary/aromatic N) is 2. The van der Waals surface area contributed by atoms with Crippen molar-refractivity contribution in [1.29, 1.82) is 0 Å². The maximum absolute atomic E-state index is 12.1. The van der Waals surface area contributed by atoms with E-state index in [-0.39, 0.29) is 34.6 Å². The number of thioether (sulfide) groups is 1. The topological polar surface area (TPSA) is 66.8 Å². The van der Waals surface area contributed by atoms with E-state index >= 15 is 0 Å². The summed E-state index contributed by atoms with van der Waals surface area (Å²) in [6, 6.07) is 7.32. The molecule has 0 spiro atoms. The average Bonchev–Trinajstić information content (AvgIpc) is 2.93. The van der Waals surface area contributed by atoms with Gasteiger partial charge in [0.2, 0.25) is 5.91 Å². The van der Waals surface area contributed by atoms with Crippen LogP contribution in [-0.4, -0.2) is 47.2 Å². The summed E-state index contributed by atoms with van der Waals surface area (Å²) in [6.45, 7) is 4.48. The average molecular weight is 401 g/mol. The highest BCUT2D eigenvalue weighted by molar-refractivity contribution is 8.15. The smallest absolute Gasteiger partial charge is 0.248 e. The van der Waals surface area contributed by atoms with Gasteiger partial charge in [0.15, 0.2) is 15.0 Å². The van der Waals surface area contributed by atoms with E-state index in [4.69, 9.17) is 11.6 Å². The first-order valence-corrected chi connectivity index (χ1v) is 11.3. The summed E-state index contributed by atoms with van der Waals surface area (Å²) >= 11 is 7.35. The molecule has 2 fully saturated rings. The second-order valence-electron chi connectivity index (χ2n) is 6.94. The first kappa shape index (κ1) is 18.7. The van der Waals surface area contributed by atoms with Gasteiger partial charge in [-0.25, -0.2) is 8.42 Å². The van der Waals surface area contributed by atoms with E-state index in [9.17, 15) is 13.2 Å². The Hall–Kier alpha value is -1.05. The third-order valence-corrected chi connectivity index (χ3v) is 7.74. The lowest BCUT2D eigenvalue weighted by molar-refractivity contribution is -0.118. The summed E-state index contributed by atoms with van der Waals surface area (Å²) in [5.74, 6) is 0.362. The fourth-order valence-electron chi connectivity index (χ4n) is 3.11. The minimum absolute atomic E-state index is 0.0529. The standard InChI is InChI=1S/C17H21ClN2O3S2/c1-11(2)7-16(21)19-17-20(8-12-3-5-13(18)6-4-12)14-9-25(22,23)10-15(14)24-17/h3-6,11,14-15H,7-10H2,1-2H3/t14-,15+/m0/s1. The molecule has 1 aromatic rings. The summed E-state index contributed by atoms with van der Waals surface area (Å²) in [7, 11) is -3.03. The van der Waals surface area contributed by atoms with E-state index in [1.54, 1.807) is 0 Å². The van der Waals surface area contributed by atoms with Gasteiger partial charge >= 0.3 is 0 Å². The molecular formula is C17H21ClN2O3S2. The molecule has 0 radical (unpaired) electrons. The number of sulfone groups is 1. The molecule has 8 heteroatoms. The molecule has 3 rings (SSSR count). The molecule has 0 aliphatic carbocycles. The van der Waals surface area contributed by atoms with Crippen LogP contribution in [0, 0.1) is 5.92 Å². The minimum atomic E-state index is -3.03. The van der Waals surface area contributed by atoms with Crippen molar-refractivity contribution in [3.63, 3.8) is 0 Å². The number of hydrogen-bond donors (Lipinski definition) is 0. The molecule has 136 valence electrons. The summed E-state index contributed by atoms with van der Waals surface area (Å²) < 4.78 is 24.0.